The second-order valence-electron chi connectivity index (χ2n) is 5.64. The van der Waals surface area contributed by atoms with Gasteiger partial charge in [-0.15, -0.1) is 0 Å². The lowest BCUT2D eigenvalue weighted by molar-refractivity contribution is 0.412. The molecule has 2 saturated heterocycles. The zero-order valence-electron chi connectivity index (χ0n) is 11.2. The van der Waals surface area contributed by atoms with E-state index in [1.54, 1.807) is 0 Å². The minimum absolute atomic E-state index is 0.592. The summed E-state index contributed by atoms with van der Waals surface area (Å²) in [5.74, 6) is 0. The number of piperidine rings is 2. The third kappa shape index (κ3) is 2.69. The average molecular weight is 244 g/mol. The quantitative estimate of drug-likeness (QED) is 0.856. The van der Waals surface area contributed by atoms with Crippen LogP contribution in [0.15, 0.2) is 24.3 Å². The Morgan fingerprint density at radius 2 is 1.67 bits per heavy atom. The first-order chi connectivity index (χ1) is 8.93. The van der Waals surface area contributed by atoms with E-state index in [0.29, 0.717) is 6.04 Å². The van der Waals surface area contributed by atoms with E-state index < -0.39 is 0 Å². The molecule has 2 nitrogen and oxygen atoms in total. The Morgan fingerprint density at radius 1 is 0.889 bits per heavy atom. The Bertz CT molecular complexity index is 322. The SMILES string of the molecule is c1cc(N2CCCCC2)ccc1[C@H]1CCCCN1. The van der Waals surface area contributed by atoms with Crippen molar-refractivity contribution in [3.63, 3.8) is 0 Å². The summed E-state index contributed by atoms with van der Waals surface area (Å²) >= 11 is 0. The van der Waals surface area contributed by atoms with E-state index >= 15 is 0 Å². The van der Waals surface area contributed by atoms with E-state index in [-0.39, 0.29) is 0 Å². The molecule has 0 bridgehead atoms. The molecule has 2 aliphatic rings. The third-order valence-corrected chi connectivity index (χ3v) is 4.33. The molecular formula is C16H24N2. The monoisotopic (exact) mass is 244 g/mol. The van der Waals surface area contributed by atoms with Gasteiger partial charge in [0.1, 0.15) is 0 Å². The smallest absolute Gasteiger partial charge is 0.0366 e. The fourth-order valence-corrected chi connectivity index (χ4v) is 3.21. The van der Waals surface area contributed by atoms with Crippen LogP contribution in [0.5, 0.6) is 0 Å². The van der Waals surface area contributed by atoms with Crippen LogP contribution in [0.2, 0.25) is 0 Å². The maximum absolute atomic E-state index is 3.62. The molecule has 0 amide bonds. The number of benzene rings is 1. The fourth-order valence-electron chi connectivity index (χ4n) is 3.21. The summed E-state index contributed by atoms with van der Waals surface area (Å²) in [5.41, 5.74) is 2.88. The highest BCUT2D eigenvalue weighted by Crippen LogP contribution is 2.26. The van der Waals surface area contributed by atoms with Crippen molar-refractivity contribution in [1.29, 1.82) is 0 Å². The average Bonchev–Trinajstić information content (AvgIpc) is 2.49. The van der Waals surface area contributed by atoms with Gasteiger partial charge in [0.25, 0.3) is 0 Å². The molecule has 98 valence electrons. The van der Waals surface area contributed by atoms with Crippen LogP contribution in [-0.2, 0) is 0 Å². The molecule has 0 unspecified atom stereocenters. The molecule has 2 aliphatic heterocycles. The number of hydrogen-bond donors (Lipinski definition) is 1. The van der Waals surface area contributed by atoms with E-state index in [1.807, 2.05) is 0 Å². The van der Waals surface area contributed by atoms with Gasteiger partial charge in [0.2, 0.25) is 0 Å². The Labute approximate surface area is 110 Å². The van der Waals surface area contributed by atoms with Gasteiger partial charge in [-0.05, 0) is 56.3 Å². The predicted molar refractivity (Wildman–Crippen MR) is 77.1 cm³/mol. The van der Waals surface area contributed by atoms with Crippen LogP contribution in [0.3, 0.4) is 0 Å². The highest BCUT2D eigenvalue weighted by Gasteiger charge is 2.15. The number of nitrogens with zero attached hydrogens (tertiary/aromatic N) is 1. The lowest BCUT2D eigenvalue weighted by Crippen LogP contribution is -2.29. The molecule has 1 atom stereocenters. The minimum Gasteiger partial charge on any atom is -0.372 e. The number of hydrogen-bond acceptors (Lipinski definition) is 2. The molecule has 1 N–H and O–H groups in total. The minimum atomic E-state index is 0.592. The van der Waals surface area contributed by atoms with Gasteiger partial charge in [0.05, 0.1) is 0 Å². The van der Waals surface area contributed by atoms with Crippen molar-refractivity contribution in [2.45, 2.75) is 44.6 Å². The van der Waals surface area contributed by atoms with Crippen molar-refractivity contribution in [3.8, 4) is 0 Å². The summed E-state index contributed by atoms with van der Waals surface area (Å²) in [6.45, 7) is 3.65. The van der Waals surface area contributed by atoms with Gasteiger partial charge in [-0.1, -0.05) is 18.6 Å². The van der Waals surface area contributed by atoms with Gasteiger partial charge in [-0.3, -0.25) is 0 Å². The normalized spacial score (nSPS) is 25.1. The van der Waals surface area contributed by atoms with Crippen molar-refractivity contribution >= 4 is 5.69 Å². The molecule has 0 spiro atoms. The zero-order chi connectivity index (χ0) is 12.2. The second kappa shape index (κ2) is 5.75. The molecule has 0 aromatic heterocycles. The first kappa shape index (κ1) is 12.0. The molecular weight excluding hydrogens is 220 g/mol. The Hall–Kier alpha value is -1.02. The van der Waals surface area contributed by atoms with Gasteiger partial charge in [0.15, 0.2) is 0 Å². The summed E-state index contributed by atoms with van der Waals surface area (Å²) < 4.78 is 0. The molecule has 0 saturated carbocycles. The van der Waals surface area contributed by atoms with Gasteiger partial charge in [-0.2, -0.15) is 0 Å². The van der Waals surface area contributed by atoms with E-state index in [0.717, 1.165) is 0 Å². The van der Waals surface area contributed by atoms with Crippen LogP contribution in [0.25, 0.3) is 0 Å². The zero-order valence-corrected chi connectivity index (χ0v) is 11.2. The standard InChI is InChI=1S/C16H24N2/c1-4-12-18(13-5-1)15-9-7-14(8-10-15)16-6-2-3-11-17-16/h7-10,16-17H,1-6,11-13H2/t16-/m1/s1. The summed E-state index contributed by atoms with van der Waals surface area (Å²) in [7, 11) is 0. The molecule has 2 fully saturated rings. The van der Waals surface area contributed by atoms with Crippen molar-refractivity contribution in [2.24, 2.45) is 0 Å². The molecule has 1 aromatic rings. The van der Waals surface area contributed by atoms with Gasteiger partial charge >= 0.3 is 0 Å². The van der Waals surface area contributed by atoms with Crippen molar-refractivity contribution in [1.82, 2.24) is 5.32 Å². The topological polar surface area (TPSA) is 15.3 Å². The van der Waals surface area contributed by atoms with Gasteiger partial charge in [0, 0.05) is 24.8 Å². The number of anilines is 1. The van der Waals surface area contributed by atoms with Crippen LogP contribution >= 0.6 is 0 Å². The Kier molecular flexibility index (Phi) is 3.84. The van der Waals surface area contributed by atoms with Crippen molar-refractivity contribution in [2.75, 3.05) is 24.5 Å². The van der Waals surface area contributed by atoms with E-state index in [2.05, 4.69) is 34.5 Å². The third-order valence-electron chi connectivity index (χ3n) is 4.33. The summed E-state index contributed by atoms with van der Waals surface area (Å²) in [5, 5.41) is 3.62. The summed E-state index contributed by atoms with van der Waals surface area (Å²) in [4.78, 5) is 2.53. The second-order valence-corrected chi connectivity index (χ2v) is 5.64. The Morgan fingerprint density at radius 3 is 2.33 bits per heavy atom. The maximum Gasteiger partial charge on any atom is 0.0366 e. The van der Waals surface area contributed by atoms with Crippen LogP contribution in [0.4, 0.5) is 5.69 Å². The summed E-state index contributed by atoms with van der Waals surface area (Å²) in [6.07, 6.45) is 8.11. The van der Waals surface area contributed by atoms with Crippen molar-refractivity contribution in [3.05, 3.63) is 29.8 Å². The van der Waals surface area contributed by atoms with Crippen LogP contribution in [0.1, 0.15) is 50.1 Å². The fraction of sp³-hybridized carbons (Fsp3) is 0.625. The molecule has 2 heteroatoms. The number of nitrogens with one attached hydrogen (secondary N) is 1. The molecule has 3 rings (SSSR count). The largest absolute Gasteiger partial charge is 0.372 e. The highest BCUT2D eigenvalue weighted by atomic mass is 15.1. The molecule has 0 radical (unpaired) electrons. The molecule has 1 aromatic carbocycles. The summed E-state index contributed by atoms with van der Waals surface area (Å²) in [6, 6.07) is 9.88. The van der Waals surface area contributed by atoms with E-state index in [1.165, 1.54) is 69.4 Å². The molecule has 0 aliphatic carbocycles. The molecule has 18 heavy (non-hydrogen) atoms. The maximum atomic E-state index is 3.62. The Balaban J connectivity index is 1.67. The van der Waals surface area contributed by atoms with E-state index in [4.69, 9.17) is 0 Å². The lowest BCUT2D eigenvalue weighted by Gasteiger charge is -2.29. The molecule has 2 heterocycles. The number of rotatable bonds is 2. The van der Waals surface area contributed by atoms with E-state index in [9.17, 15) is 0 Å². The predicted octanol–water partition coefficient (Wildman–Crippen LogP) is 3.49. The highest BCUT2D eigenvalue weighted by molar-refractivity contribution is 5.48. The van der Waals surface area contributed by atoms with Crippen molar-refractivity contribution < 1.29 is 0 Å². The van der Waals surface area contributed by atoms with Crippen LogP contribution < -0.4 is 10.2 Å². The van der Waals surface area contributed by atoms with Gasteiger partial charge in [-0.25, -0.2) is 0 Å². The van der Waals surface area contributed by atoms with Crippen LogP contribution in [0, 0.1) is 0 Å². The van der Waals surface area contributed by atoms with Crippen LogP contribution in [-0.4, -0.2) is 19.6 Å². The lowest BCUT2D eigenvalue weighted by atomic mass is 9.97. The first-order valence-corrected chi connectivity index (χ1v) is 7.52. The first-order valence-electron chi connectivity index (χ1n) is 7.52. The van der Waals surface area contributed by atoms with Gasteiger partial charge < -0.3 is 10.2 Å².